The molecule has 3 aromatic rings. The van der Waals surface area contributed by atoms with Gasteiger partial charge < -0.3 is 4.74 Å². The smallest absolute Gasteiger partial charge is 0.141 e. The molecular formula is C19H14OS2. The average molecular weight is 322 g/mol. The lowest BCUT2D eigenvalue weighted by molar-refractivity contribution is 0.459. The molecule has 0 saturated heterocycles. The first kappa shape index (κ1) is 13.8. The van der Waals surface area contributed by atoms with Crippen LogP contribution in [0, 0.1) is 0 Å². The van der Waals surface area contributed by atoms with Crippen molar-refractivity contribution in [2.75, 3.05) is 0 Å². The molecule has 0 atom stereocenters. The number of ether oxygens (including phenoxy) is 1. The average Bonchev–Trinajstić information content (AvgIpc) is 2.56. The van der Waals surface area contributed by atoms with E-state index in [0.29, 0.717) is 4.58 Å². The minimum absolute atomic E-state index is 0.312. The largest absolute Gasteiger partial charge is 0.455 e. The maximum atomic E-state index is 6.12. The van der Waals surface area contributed by atoms with Crippen LogP contribution in [-0.4, -0.2) is 0 Å². The maximum absolute atomic E-state index is 6.12. The predicted octanol–water partition coefficient (Wildman–Crippen LogP) is 6.38. The second-order valence-corrected chi connectivity index (χ2v) is 7.57. The molecule has 3 heteroatoms. The summed E-state index contributed by atoms with van der Waals surface area (Å²) in [5, 5.41) is 0. The first-order chi connectivity index (χ1) is 10.9. The maximum Gasteiger partial charge on any atom is 0.141 e. The van der Waals surface area contributed by atoms with Crippen molar-refractivity contribution in [3.8, 4) is 11.5 Å². The van der Waals surface area contributed by atoms with Crippen LogP contribution in [0.25, 0.3) is 0 Å². The van der Waals surface area contributed by atoms with Crippen LogP contribution in [0.4, 0.5) is 0 Å². The Labute approximate surface area is 138 Å². The molecule has 0 radical (unpaired) electrons. The van der Waals surface area contributed by atoms with Crippen LogP contribution in [0.5, 0.6) is 11.5 Å². The van der Waals surface area contributed by atoms with Crippen molar-refractivity contribution in [1.82, 2.24) is 0 Å². The van der Waals surface area contributed by atoms with Crippen molar-refractivity contribution < 1.29 is 4.74 Å². The van der Waals surface area contributed by atoms with Crippen molar-refractivity contribution in [3.63, 3.8) is 0 Å². The number of rotatable bonds is 1. The molecule has 0 spiro atoms. The minimum atomic E-state index is 0.312. The number of benzene rings is 3. The second kappa shape index (κ2) is 6.11. The summed E-state index contributed by atoms with van der Waals surface area (Å²) in [5.41, 5.74) is 1.32. The third kappa shape index (κ3) is 2.74. The van der Waals surface area contributed by atoms with Crippen LogP contribution >= 0.6 is 23.5 Å². The zero-order chi connectivity index (χ0) is 14.8. The number of para-hydroxylation sites is 2. The molecule has 108 valence electrons. The van der Waals surface area contributed by atoms with Gasteiger partial charge in [0.25, 0.3) is 0 Å². The Morgan fingerprint density at radius 1 is 0.591 bits per heavy atom. The first-order valence-electron chi connectivity index (χ1n) is 7.14. The van der Waals surface area contributed by atoms with E-state index in [4.69, 9.17) is 4.74 Å². The van der Waals surface area contributed by atoms with Crippen molar-refractivity contribution in [2.24, 2.45) is 0 Å². The molecule has 0 N–H and O–H groups in total. The fourth-order valence-corrected chi connectivity index (χ4v) is 5.01. The second-order valence-electron chi connectivity index (χ2n) is 4.97. The van der Waals surface area contributed by atoms with Gasteiger partial charge in [-0.15, -0.1) is 23.5 Å². The fraction of sp³-hybridized carbons (Fsp3) is 0.0526. The molecular weight excluding hydrogens is 308 g/mol. The van der Waals surface area contributed by atoms with E-state index in [1.165, 1.54) is 15.4 Å². The van der Waals surface area contributed by atoms with Crippen molar-refractivity contribution >= 4 is 23.5 Å². The molecule has 3 aromatic carbocycles. The van der Waals surface area contributed by atoms with E-state index in [-0.39, 0.29) is 0 Å². The van der Waals surface area contributed by atoms with Crippen LogP contribution in [0.3, 0.4) is 0 Å². The van der Waals surface area contributed by atoms with Crippen molar-refractivity contribution in [3.05, 3.63) is 84.4 Å². The molecule has 0 aliphatic carbocycles. The van der Waals surface area contributed by atoms with Gasteiger partial charge in [0.1, 0.15) is 11.5 Å². The number of fused-ring (bicyclic) bond motifs is 2. The molecule has 0 saturated carbocycles. The summed E-state index contributed by atoms with van der Waals surface area (Å²) >= 11 is 3.69. The Morgan fingerprint density at radius 2 is 1.09 bits per heavy atom. The normalized spacial score (nSPS) is 14.2. The van der Waals surface area contributed by atoms with Crippen LogP contribution in [0.1, 0.15) is 10.1 Å². The molecule has 1 heterocycles. The van der Waals surface area contributed by atoms with Gasteiger partial charge in [0.05, 0.1) is 14.4 Å². The van der Waals surface area contributed by atoms with E-state index < -0.39 is 0 Å². The summed E-state index contributed by atoms with van der Waals surface area (Å²) in [7, 11) is 0. The Balaban J connectivity index is 1.82. The van der Waals surface area contributed by atoms with Gasteiger partial charge in [0.2, 0.25) is 0 Å². The molecule has 0 amide bonds. The van der Waals surface area contributed by atoms with E-state index in [9.17, 15) is 0 Å². The molecule has 22 heavy (non-hydrogen) atoms. The van der Waals surface area contributed by atoms with Gasteiger partial charge in [-0.2, -0.15) is 0 Å². The van der Waals surface area contributed by atoms with Crippen LogP contribution in [0.15, 0.2) is 88.7 Å². The molecule has 1 nitrogen and oxygen atoms in total. The van der Waals surface area contributed by atoms with E-state index >= 15 is 0 Å². The van der Waals surface area contributed by atoms with E-state index in [0.717, 1.165) is 11.5 Å². The van der Waals surface area contributed by atoms with E-state index in [2.05, 4.69) is 54.6 Å². The van der Waals surface area contributed by atoms with E-state index in [1.807, 2.05) is 47.8 Å². The molecule has 1 aliphatic heterocycles. The minimum Gasteiger partial charge on any atom is -0.455 e. The quantitative estimate of drug-likeness (QED) is 0.515. The van der Waals surface area contributed by atoms with Gasteiger partial charge in [-0.3, -0.25) is 0 Å². The summed E-state index contributed by atoms with van der Waals surface area (Å²) in [6, 6.07) is 27.2. The van der Waals surface area contributed by atoms with Crippen molar-refractivity contribution in [2.45, 2.75) is 14.4 Å². The molecule has 4 rings (SSSR count). The van der Waals surface area contributed by atoms with Gasteiger partial charge in [0, 0.05) is 0 Å². The summed E-state index contributed by atoms with van der Waals surface area (Å²) < 4.78 is 6.44. The Bertz CT molecular complexity index is 739. The SMILES string of the molecule is c1ccc(C2Sc3ccccc3Oc3ccccc3S2)cc1. The van der Waals surface area contributed by atoms with Crippen LogP contribution in [-0.2, 0) is 0 Å². The van der Waals surface area contributed by atoms with Crippen LogP contribution < -0.4 is 4.74 Å². The lowest BCUT2D eigenvalue weighted by atomic mass is 10.2. The monoisotopic (exact) mass is 322 g/mol. The van der Waals surface area contributed by atoms with Crippen molar-refractivity contribution in [1.29, 1.82) is 0 Å². The van der Waals surface area contributed by atoms with E-state index in [1.54, 1.807) is 0 Å². The highest BCUT2D eigenvalue weighted by Gasteiger charge is 2.22. The Morgan fingerprint density at radius 3 is 1.68 bits per heavy atom. The fourth-order valence-electron chi connectivity index (χ4n) is 2.38. The van der Waals surface area contributed by atoms with Gasteiger partial charge in [0.15, 0.2) is 0 Å². The zero-order valence-corrected chi connectivity index (χ0v) is 13.4. The lowest BCUT2D eigenvalue weighted by Crippen LogP contribution is -1.96. The predicted molar refractivity (Wildman–Crippen MR) is 93.9 cm³/mol. The third-order valence-electron chi connectivity index (χ3n) is 3.46. The number of hydrogen-bond donors (Lipinski definition) is 0. The number of thioether (sulfide) groups is 2. The van der Waals surface area contributed by atoms with Gasteiger partial charge >= 0.3 is 0 Å². The summed E-state index contributed by atoms with van der Waals surface area (Å²) in [6.07, 6.45) is 0. The Kier molecular flexibility index (Phi) is 3.83. The highest BCUT2D eigenvalue weighted by atomic mass is 32.2. The molecule has 0 bridgehead atoms. The molecule has 0 aromatic heterocycles. The van der Waals surface area contributed by atoms with Crippen LogP contribution in [0.2, 0.25) is 0 Å². The van der Waals surface area contributed by atoms with Gasteiger partial charge in [-0.05, 0) is 29.8 Å². The highest BCUT2D eigenvalue weighted by Crippen LogP contribution is 2.53. The lowest BCUT2D eigenvalue weighted by Gasteiger charge is -2.23. The standard InChI is InChI=1S/C19H14OS2/c1-2-8-14(9-3-1)19-21-17-12-6-4-10-15(17)20-16-11-5-7-13-18(16)22-19/h1-13,19H. The highest BCUT2D eigenvalue weighted by molar-refractivity contribution is 8.16. The van der Waals surface area contributed by atoms with Gasteiger partial charge in [-0.25, -0.2) is 0 Å². The first-order valence-corrected chi connectivity index (χ1v) is 8.90. The number of hydrogen-bond acceptors (Lipinski definition) is 3. The summed E-state index contributed by atoms with van der Waals surface area (Å²) in [6.45, 7) is 0. The molecule has 1 aliphatic rings. The third-order valence-corrected chi connectivity index (χ3v) is 6.19. The molecule has 0 fully saturated rings. The van der Waals surface area contributed by atoms with Gasteiger partial charge in [-0.1, -0.05) is 54.6 Å². The zero-order valence-electron chi connectivity index (χ0n) is 11.8. The summed E-state index contributed by atoms with van der Waals surface area (Å²) in [4.78, 5) is 2.36. The topological polar surface area (TPSA) is 9.23 Å². The Hall–Kier alpha value is -1.84. The summed E-state index contributed by atoms with van der Waals surface area (Å²) in [5.74, 6) is 1.86. The molecule has 0 unspecified atom stereocenters.